The van der Waals surface area contributed by atoms with Crippen LogP contribution >= 0.6 is 0 Å². The van der Waals surface area contributed by atoms with Gasteiger partial charge in [0, 0.05) is 11.5 Å². The molecule has 17 heavy (non-hydrogen) atoms. The number of rotatable bonds is 2. The summed E-state index contributed by atoms with van der Waals surface area (Å²) in [5.74, 6) is 0.351. The molecule has 1 aromatic rings. The van der Waals surface area contributed by atoms with Gasteiger partial charge in [-0.3, -0.25) is 4.79 Å². The summed E-state index contributed by atoms with van der Waals surface area (Å²) in [5.41, 5.74) is 0.828. The summed E-state index contributed by atoms with van der Waals surface area (Å²) in [5, 5.41) is 16.3. The highest BCUT2D eigenvalue weighted by atomic mass is 16.5. The molecular formula is C12H18N2O3. The number of aromatic nitrogens is 1. The van der Waals surface area contributed by atoms with E-state index in [9.17, 15) is 9.90 Å². The van der Waals surface area contributed by atoms with Crippen LogP contribution in [0.15, 0.2) is 4.52 Å². The molecule has 2 atom stereocenters. The number of aliphatic hydroxyl groups excluding tert-OH is 1. The summed E-state index contributed by atoms with van der Waals surface area (Å²) in [6.45, 7) is 7.35. The zero-order valence-electron chi connectivity index (χ0n) is 10.6. The van der Waals surface area contributed by atoms with Crippen molar-refractivity contribution in [2.75, 3.05) is 0 Å². The molecule has 2 N–H and O–H groups in total. The van der Waals surface area contributed by atoms with Crippen molar-refractivity contribution in [3.05, 3.63) is 17.0 Å². The second kappa shape index (κ2) is 3.84. The summed E-state index contributed by atoms with van der Waals surface area (Å²) in [4.78, 5) is 12.1. The molecule has 1 saturated carbocycles. The Kier molecular flexibility index (Phi) is 2.73. The maximum Gasteiger partial charge on any atom is 0.257 e. The third kappa shape index (κ3) is 1.84. The standard InChI is InChI=1S/C12H18N2O3/c1-6-10(7(2)17-14-6)11(16)13-8-5-9(15)12(8,3)4/h8-9,15H,5H2,1-4H3,(H,13,16). The van der Waals surface area contributed by atoms with E-state index in [1.807, 2.05) is 13.8 Å². The van der Waals surface area contributed by atoms with Crippen LogP contribution in [0.4, 0.5) is 0 Å². The summed E-state index contributed by atoms with van der Waals surface area (Å²) in [6, 6.07) is -0.00120. The molecule has 1 aromatic heterocycles. The van der Waals surface area contributed by atoms with E-state index in [2.05, 4.69) is 10.5 Å². The maximum atomic E-state index is 12.1. The molecule has 1 fully saturated rings. The fourth-order valence-electron chi connectivity index (χ4n) is 2.18. The fraction of sp³-hybridized carbons (Fsp3) is 0.667. The van der Waals surface area contributed by atoms with Gasteiger partial charge in [0.05, 0.1) is 11.8 Å². The lowest BCUT2D eigenvalue weighted by molar-refractivity contribution is -0.0689. The minimum absolute atomic E-state index is 0.00120. The zero-order valence-corrected chi connectivity index (χ0v) is 10.6. The largest absolute Gasteiger partial charge is 0.392 e. The van der Waals surface area contributed by atoms with Gasteiger partial charge < -0.3 is 14.9 Å². The topological polar surface area (TPSA) is 75.4 Å². The molecule has 1 heterocycles. The van der Waals surface area contributed by atoms with Gasteiger partial charge in [-0.05, 0) is 20.3 Å². The molecule has 1 aliphatic carbocycles. The minimum atomic E-state index is -0.350. The molecule has 0 aromatic carbocycles. The normalized spacial score (nSPS) is 26.4. The van der Waals surface area contributed by atoms with E-state index in [-0.39, 0.29) is 23.5 Å². The Hall–Kier alpha value is -1.36. The first kappa shape index (κ1) is 12.1. The van der Waals surface area contributed by atoms with Gasteiger partial charge in [0.2, 0.25) is 0 Å². The van der Waals surface area contributed by atoms with Crippen LogP contribution in [0.25, 0.3) is 0 Å². The van der Waals surface area contributed by atoms with Crippen molar-refractivity contribution in [3.63, 3.8) is 0 Å². The zero-order chi connectivity index (χ0) is 12.8. The van der Waals surface area contributed by atoms with Crippen LogP contribution in [0.3, 0.4) is 0 Å². The van der Waals surface area contributed by atoms with E-state index in [1.54, 1.807) is 13.8 Å². The summed E-state index contributed by atoms with van der Waals surface area (Å²) < 4.78 is 4.96. The number of carbonyl (C=O) groups is 1. The third-order valence-electron chi connectivity index (χ3n) is 3.78. The number of aryl methyl sites for hydroxylation is 2. The average molecular weight is 238 g/mol. The lowest BCUT2D eigenvalue weighted by Crippen LogP contribution is -2.61. The van der Waals surface area contributed by atoms with Crippen molar-refractivity contribution < 1.29 is 14.4 Å². The lowest BCUT2D eigenvalue weighted by Gasteiger charge is -2.49. The Bertz CT molecular complexity index is 431. The van der Waals surface area contributed by atoms with Crippen LogP contribution in [0.5, 0.6) is 0 Å². The minimum Gasteiger partial charge on any atom is -0.392 e. The van der Waals surface area contributed by atoms with Gasteiger partial charge in [0.15, 0.2) is 0 Å². The summed E-state index contributed by atoms with van der Waals surface area (Å²) in [6.07, 6.45) is 0.250. The first-order valence-corrected chi connectivity index (χ1v) is 5.76. The highest BCUT2D eigenvalue weighted by molar-refractivity contribution is 5.96. The predicted octanol–water partition coefficient (Wildman–Crippen LogP) is 1.18. The highest BCUT2D eigenvalue weighted by Crippen LogP contribution is 2.40. The molecule has 1 aliphatic rings. The molecule has 94 valence electrons. The van der Waals surface area contributed by atoms with Crippen molar-refractivity contribution in [1.82, 2.24) is 10.5 Å². The number of hydrogen-bond acceptors (Lipinski definition) is 4. The monoisotopic (exact) mass is 238 g/mol. The Morgan fingerprint density at radius 1 is 1.53 bits per heavy atom. The van der Waals surface area contributed by atoms with Gasteiger partial charge in [0.1, 0.15) is 11.3 Å². The number of amides is 1. The highest BCUT2D eigenvalue weighted by Gasteiger charge is 2.48. The van der Waals surface area contributed by atoms with Gasteiger partial charge in [-0.2, -0.15) is 0 Å². The maximum absolute atomic E-state index is 12.1. The van der Waals surface area contributed by atoms with Crippen molar-refractivity contribution in [3.8, 4) is 0 Å². The van der Waals surface area contributed by atoms with Crippen molar-refractivity contribution in [2.45, 2.75) is 46.3 Å². The van der Waals surface area contributed by atoms with Gasteiger partial charge in [-0.1, -0.05) is 19.0 Å². The van der Waals surface area contributed by atoms with E-state index in [1.165, 1.54) is 0 Å². The van der Waals surface area contributed by atoms with E-state index < -0.39 is 0 Å². The number of aliphatic hydroxyl groups is 1. The average Bonchev–Trinajstić information content (AvgIpc) is 2.58. The van der Waals surface area contributed by atoms with Crippen molar-refractivity contribution in [2.24, 2.45) is 5.41 Å². The quantitative estimate of drug-likeness (QED) is 0.811. The van der Waals surface area contributed by atoms with Crippen molar-refractivity contribution >= 4 is 5.91 Å². The Morgan fingerprint density at radius 3 is 2.59 bits per heavy atom. The molecule has 0 radical (unpaired) electrons. The van der Waals surface area contributed by atoms with Crippen LogP contribution in [-0.2, 0) is 0 Å². The molecule has 5 heteroatoms. The number of hydrogen-bond donors (Lipinski definition) is 2. The number of carbonyl (C=O) groups excluding carboxylic acids is 1. The number of nitrogens with one attached hydrogen (secondary N) is 1. The van der Waals surface area contributed by atoms with Gasteiger partial charge >= 0.3 is 0 Å². The Labute approximate surface area is 100 Å². The van der Waals surface area contributed by atoms with Crippen LogP contribution in [0, 0.1) is 19.3 Å². The smallest absolute Gasteiger partial charge is 0.257 e. The third-order valence-corrected chi connectivity index (χ3v) is 3.78. The first-order chi connectivity index (χ1) is 7.84. The van der Waals surface area contributed by atoms with Crippen LogP contribution < -0.4 is 5.32 Å². The van der Waals surface area contributed by atoms with Gasteiger partial charge in [0.25, 0.3) is 5.91 Å². The molecule has 0 aliphatic heterocycles. The Balaban J connectivity index is 2.09. The molecular weight excluding hydrogens is 220 g/mol. The molecule has 0 spiro atoms. The second-order valence-corrected chi connectivity index (χ2v) is 5.30. The van der Waals surface area contributed by atoms with Gasteiger partial charge in [-0.25, -0.2) is 0 Å². The second-order valence-electron chi connectivity index (χ2n) is 5.30. The molecule has 1 amide bonds. The van der Waals surface area contributed by atoms with Crippen LogP contribution in [0.2, 0.25) is 0 Å². The molecule has 0 bridgehead atoms. The molecule has 2 unspecified atom stereocenters. The molecule has 2 rings (SSSR count). The molecule has 5 nitrogen and oxygen atoms in total. The van der Waals surface area contributed by atoms with E-state index in [0.717, 1.165) is 0 Å². The SMILES string of the molecule is Cc1noc(C)c1C(=O)NC1CC(O)C1(C)C. The van der Waals surface area contributed by atoms with E-state index >= 15 is 0 Å². The first-order valence-electron chi connectivity index (χ1n) is 5.76. The number of nitrogens with zero attached hydrogens (tertiary/aromatic N) is 1. The lowest BCUT2D eigenvalue weighted by atomic mass is 9.64. The van der Waals surface area contributed by atoms with Crippen LogP contribution in [-0.4, -0.2) is 28.3 Å². The summed E-state index contributed by atoms with van der Waals surface area (Å²) in [7, 11) is 0. The fourth-order valence-corrected chi connectivity index (χ4v) is 2.18. The van der Waals surface area contributed by atoms with Crippen LogP contribution in [0.1, 0.15) is 42.1 Å². The van der Waals surface area contributed by atoms with E-state index in [4.69, 9.17) is 4.52 Å². The van der Waals surface area contributed by atoms with Crippen molar-refractivity contribution in [1.29, 1.82) is 0 Å². The molecule has 0 saturated heterocycles. The van der Waals surface area contributed by atoms with Gasteiger partial charge in [-0.15, -0.1) is 0 Å². The predicted molar refractivity (Wildman–Crippen MR) is 61.6 cm³/mol. The summed E-state index contributed by atoms with van der Waals surface area (Å²) >= 11 is 0. The Morgan fingerprint density at radius 2 is 2.18 bits per heavy atom. The van der Waals surface area contributed by atoms with E-state index in [0.29, 0.717) is 23.4 Å².